The van der Waals surface area contributed by atoms with E-state index in [0.717, 1.165) is 28.1 Å². The van der Waals surface area contributed by atoms with E-state index in [9.17, 15) is 0 Å². The number of pyridine rings is 1. The van der Waals surface area contributed by atoms with Crippen molar-refractivity contribution in [3.63, 3.8) is 0 Å². The number of allylic oxidation sites excluding steroid dienone is 1. The number of rotatable bonds is 5. The lowest BCUT2D eigenvalue weighted by Gasteiger charge is -2.03. The van der Waals surface area contributed by atoms with Crippen LogP contribution in [0.4, 0.5) is 0 Å². The molecular formula is C14H14ClN5S. The van der Waals surface area contributed by atoms with Crippen molar-refractivity contribution < 1.29 is 0 Å². The van der Waals surface area contributed by atoms with Crippen LogP contribution in [0.2, 0.25) is 5.02 Å². The molecule has 0 atom stereocenters. The van der Waals surface area contributed by atoms with Crippen LogP contribution in [0.1, 0.15) is 11.5 Å². The predicted octanol–water partition coefficient (Wildman–Crippen LogP) is 3.37. The molecule has 0 radical (unpaired) electrons. The van der Waals surface area contributed by atoms with Crippen molar-refractivity contribution in [2.75, 3.05) is 0 Å². The zero-order valence-corrected chi connectivity index (χ0v) is 13.1. The third-order valence-electron chi connectivity index (χ3n) is 3.03. The summed E-state index contributed by atoms with van der Waals surface area (Å²) in [6.07, 6.45) is 5.67. The van der Waals surface area contributed by atoms with Crippen molar-refractivity contribution in [2.24, 2.45) is 0 Å². The molecule has 0 aliphatic carbocycles. The highest BCUT2D eigenvalue weighted by Crippen LogP contribution is 2.22. The Morgan fingerprint density at radius 1 is 1.33 bits per heavy atom. The lowest BCUT2D eigenvalue weighted by Crippen LogP contribution is -2.00. The molecule has 0 N–H and O–H groups in total. The van der Waals surface area contributed by atoms with Crippen molar-refractivity contribution in [1.29, 1.82) is 0 Å². The Morgan fingerprint density at radius 2 is 2.19 bits per heavy atom. The van der Waals surface area contributed by atoms with E-state index < -0.39 is 0 Å². The number of aryl methyl sites for hydroxylation is 1. The van der Waals surface area contributed by atoms with Crippen LogP contribution >= 0.6 is 23.4 Å². The van der Waals surface area contributed by atoms with Gasteiger partial charge in [0.05, 0.1) is 10.7 Å². The first kappa shape index (κ1) is 14.2. The molecule has 21 heavy (non-hydrogen) atoms. The molecule has 3 rings (SSSR count). The Bertz CT molecular complexity index is 792. The quantitative estimate of drug-likeness (QED) is 0.534. The molecule has 7 heteroatoms. The first-order chi connectivity index (χ1) is 10.2. The highest BCUT2D eigenvalue weighted by molar-refractivity contribution is 7.98. The molecule has 0 unspecified atom stereocenters. The van der Waals surface area contributed by atoms with Gasteiger partial charge in [0.15, 0.2) is 5.16 Å². The van der Waals surface area contributed by atoms with E-state index in [2.05, 4.69) is 21.8 Å². The zero-order valence-electron chi connectivity index (χ0n) is 11.5. The van der Waals surface area contributed by atoms with Crippen LogP contribution in [0.5, 0.6) is 0 Å². The number of fused-ring (bicyclic) bond motifs is 1. The molecule has 0 amide bonds. The molecule has 0 aliphatic rings. The monoisotopic (exact) mass is 319 g/mol. The molecule has 3 aromatic rings. The molecule has 3 aromatic heterocycles. The van der Waals surface area contributed by atoms with Gasteiger partial charge in [0, 0.05) is 24.7 Å². The van der Waals surface area contributed by atoms with E-state index in [-0.39, 0.29) is 0 Å². The Labute approximate surface area is 131 Å². The SMILES string of the molecule is C=CCn1c(C)nnc1SCc1cn2cc(Cl)ccc2n1. The van der Waals surface area contributed by atoms with Crippen molar-refractivity contribution >= 4 is 29.0 Å². The molecule has 0 saturated carbocycles. The van der Waals surface area contributed by atoms with Crippen LogP contribution < -0.4 is 0 Å². The van der Waals surface area contributed by atoms with Crippen LogP contribution in [0.15, 0.2) is 42.3 Å². The Balaban J connectivity index is 1.78. The third-order valence-corrected chi connectivity index (χ3v) is 4.25. The molecule has 0 spiro atoms. The molecule has 0 fully saturated rings. The van der Waals surface area contributed by atoms with E-state index in [1.165, 1.54) is 0 Å². The van der Waals surface area contributed by atoms with Gasteiger partial charge >= 0.3 is 0 Å². The van der Waals surface area contributed by atoms with Gasteiger partial charge in [-0.3, -0.25) is 0 Å². The molecule has 108 valence electrons. The zero-order chi connectivity index (χ0) is 14.8. The average Bonchev–Trinajstić information content (AvgIpc) is 3.01. The minimum absolute atomic E-state index is 0.695. The van der Waals surface area contributed by atoms with E-state index in [4.69, 9.17) is 11.6 Å². The van der Waals surface area contributed by atoms with Crippen molar-refractivity contribution in [3.05, 3.63) is 53.7 Å². The summed E-state index contributed by atoms with van der Waals surface area (Å²) in [6.45, 7) is 6.41. The minimum atomic E-state index is 0.695. The minimum Gasteiger partial charge on any atom is -0.305 e. The van der Waals surface area contributed by atoms with Gasteiger partial charge in [-0.15, -0.1) is 16.8 Å². The van der Waals surface area contributed by atoms with Crippen LogP contribution in [-0.4, -0.2) is 24.1 Å². The fraction of sp³-hybridized carbons (Fsp3) is 0.214. The molecule has 0 aliphatic heterocycles. The Morgan fingerprint density at radius 3 is 3.00 bits per heavy atom. The second-order valence-corrected chi connectivity index (χ2v) is 5.94. The second kappa shape index (κ2) is 5.91. The van der Waals surface area contributed by atoms with E-state index in [1.54, 1.807) is 11.8 Å². The summed E-state index contributed by atoms with van der Waals surface area (Å²) in [7, 11) is 0. The number of hydrogen-bond acceptors (Lipinski definition) is 4. The van der Waals surface area contributed by atoms with E-state index >= 15 is 0 Å². The largest absolute Gasteiger partial charge is 0.305 e. The molecule has 5 nitrogen and oxygen atoms in total. The van der Waals surface area contributed by atoms with Crippen LogP contribution in [0.25, 0.3) is 5.65 Å². The number of thioether (sulfide) groups is 1. The smallest absolute Gasteiger partial charge is 0.191 e. The first-order valence-electron chi connectivity index (χ1n) is 6.44. The predicted molar refractivity (Wildman–Crippen MR) is 84.7 cm³/mol. The van der Waals surface area contributed by atoms with Gasteiger partial charge in [0.2, 0.25) is 0 Å². The topological polar surface area (TPSA) is 48.0 Å². The lowest BCUT2D eigenvalue weighted by molar-refractivity contribution is 0.703. The van der Waals surface area contributed by atoms with Crippen LogP contribution in [0.3, 0.4) is 0 Å². The molecular weight excluding hydrogens is 306 g/mol. The normalized spacial score (nSPS) is 11.1. The highest BCUT2D eigenvalue weighted by Gasteiger charge is 2.10. The highest BCUT2D eigenvalue weighted by atomic mass is 35.5. The molecule has 3 heterocycles. The van der Waals surface area contributed by atoms with Gasteiger partial charge in [0.25, 0.3) is 0 Å². The fourth-order valence-corrected chi connectivity index (χ4v) is 3.08. The van der Waals surface area contributed by atoms with E-state index in [0.29, 0.717) is 11.6 Å². The maximum Gasteiger partial charge on any atom is 0.191 e. The summed E-state index contributed by atoms with van der Waals surface area (Å²) in [5, 5.41) is 9.87. The Kier molecular flexibility index (Phi) is 3.98. The first-order valence-corrected chi connectivity index (χ1v) is 7.80. The third kappa shape index (κ3) is 2.96. The number of aromatic nitrogens is 5. The van der Waals surface area contributed by atoms with Crippen molar-refractivity contribution in [2.45, 2.75) is 24.4 Å². The summed E-state index contributed by atoms with van der Waals surface area (Å²) in [5.41, 5.74) is 1.87. The molecule has 0 bridgehead atoms. The summed E-state index contributed by atoms with van der Waals surface area (Å²) in [4.78, 5) is 4.56. The maximum atomic E-state index is 5.97. The van der Waals surface area contributed by atoms with Gasteiger partial charge in [-0.2, -0.15) is 0 Å². The number of imidazole rings is 1. The van der Waals surface area contributed by atoms with Gasteiger partial charge < -0.3 is 8.97 Å². The Hall–Kier alpha value is -1.79. The van der Waals surface area contributed by atoms with Crippen LogP contribution in [0, 0.1) is 6.92 Å². The maximum absolute atomic E-state index is 5.97. The summed E-state index contributed by atoms with van der Waals surface area (Å²) < 4.78 is 3.96. The van der Waals surface area contributed by atoms with Gasteiger partial charge in [-0.05, 0) is 19.1 Å². The van der Waals surface area contributed by atoms with E-state index in [1.807, 2.05) is 46.5 Å². The molecule has 0 aromatic carbocycles. The van der Waals surface area contributed by atoms with Crippen LogP contribution in [-0.2, 0) is 12.3 Å². The number of nitrogens with zero attached hydrogens (tertiary/aromatic N) is 5. The molecule has 0 saturated heterocycles. The standard InChI is InChI=1S/C14H14ClN5S/c1-3-6-20-10(2)17-18-14(20)21-9-12-8-19-7-11(15)4-5-13(19)16-12/h3-5,7-8H,1,6,9H2,2H3. The van der Waals surface area contributed by atoms with Gasteiger partial charge in [-0.1, -0.05) is 29.4 Å². The van der Waals surface area contributed by atoms with Crippen molar-refractivity contribution in [1.82, 2.24) is 24.1 Å². The summed E-state index contributed by atoms with van der Waals surface area (Å²) >= 11 is 7.59. The number of hydrogen-bond donors (Lipinski definition) is 0. The lowest BCUT2D eigenvalue weighted by atomic mass is 10.5. The fourth-order valence-electron chi connectivity index (χ4n) is 2.03. The number of halogens is 1. The summed E-state index contributed by atoms with van der Waals surface area (Å²) in [5.74, 6) is 1.62. The second-order valence-electron chi connectivity index (χ2n) is 4.56. The summed E-state index contributed by atoms with van der Waals surface area (Å²) in [6, 6.07) is 3.74. The van der Waals surface area contributed by atoms with Crippen molar-refractivity contribution in [3.8, 4) is 0 Å². The van der Waals surface area contributed by atoms with Gasteiger partial charge in [0.1, 0.15) is 11.5 Å². The van der Waals surface area contributed by atoms with Gasteiger partial charge in [-0.25, -0.2) is 4.98 Å². The average molecular weight is 320 g/mol.